The zero-order chi connectivity index (χ0) is 14.8. The van der Waals surface area contributed by atoms with Gasteiger partial charge < -0.3 is 5.73 Å². The second-order valence-electron chi connectivity index (χ2n) is 5.67. The van der Waals surface area contributed by atoms with Crippen LogP contribution < -0.4 is 5.73 Å². The van der Waals surface area contributed by atoms with E-state index in [1.807, 2.05) is 13.8 Å². The van der Waals surface area contributed by atoms with Gasteiger partial charge in [0.1, 0.15) is 0 Å². The van der Waals surface area contributed by atoms with Gasteiger partial charge in [0.15, 0.2) is 9.84 Å². The molecule has 0 amide bonds. The number of rotatable bonds is 5. The van der Waals surface area contributed by atoms with Crippen molar-refractivity contribution >= 4 is 15.5 Å². The summed E-state index contributed by atoms with van der Waals surface area (Å²) in [4.78, 5) is 0. The fourth-order valence-electron chi connectivity index (χ4n) is 1.90. The molecule has 0 bridgehead atoms. The van der Waals surface area contributed by atoms with Crippen molar-refractivity contribution in [1.29, 1.82) is 0 Å². The van der Waals surface area contributed by atoms with Crippen LogP contribution in [0, 0.1) is 0 Å². The van der Waals surface area contributed by atoms with Crippen LogP contribution >= 0.6 is 0 Å². The summed E-state index contributed by atoms with van der Waals surface area (Å²) in [5.74, 6) is 0.0910. The van der Waals surface area contributed by atoms with E-state index in [9.17, 15) is 8.42 Å². The standard InChI is InChI=1S/C13H25N3O2S/c1-6-10-12(14)11(7-2)16(15-10)8-9-19(17,18)13(3,4)5/h6-9,14H2,1-5H3. The number of nitrogen functional groups attached to an aromatic ring is 1. The molecule has 6 heteroatoms. The highest BCUT2D eigenvalue weighted by Gasteiger charge is 2.29. The molecular formula is C13H25N3O2S. The summed E-state index contributed by atoms with van der Waals surface area (Å²) in [6.45, 7) is 9.52. The average molecular weight is 287 g/mol. The molecule has 5 nitrogen and oxygen atoms in total. The first-order valence-electron chi connectivity index (χ1n) is 6.70. The summed E-state index contributed by atoms with van der Waals surface area (Å²) >= 11 is 0. The minimum Gasteiger partial charge on any atom is -0.396 e. The van der Waals surface area contributed by atoms with E-state index in [0.717, 1.165) is 24.2 Å². The zero-order valence-corrected chi connectivity index (χ0v) is 13.3. The van der Waals surface area contributed by atoms with E-state index >= 15 is 0 Å². The number of hydrogen-bond acceptors (Lipinski definition) is 4. The lowest BCUT2D eigenvalue weighted by molar-refractivity contribution is 0.543. The second-order valence-corrected chi connectivity index (χ2v) is 8.53. The number of aromatic nitrogens is 2. The van der Waals surface area contributed by atoms with Crippen LogP contribution in [0.4, 0.5) is 5.69 Å². The van der Waals surface area contributed by atoms with Crippen molar-refractivity contribution in [3.63, 3.8) is 0 Å². The van der Waals surface area contributed by atoms with Gasteiger partial charge in [-0.15, -0.1) is 0 Å². The van der Waals surface area contributed by atoms with E-state index in [-0.39, 0.29) is 5.75 Å². The maximum absolute atomic E-state index is 12.1. The molecule has 0 unspecified atom stereocenters. The number of nitrogens with two attached hydrogens (primary N) is 1. The van der Waals surface area contributed by atoms with Crippen molar-refractivity contribution < 1.29 is 8.42 Å². The molecule has 1 aromatic heterocycles. The zero-order valence-electron chi connectivity index (χ0n) is 12.5. The van der Waals surface area contributed by atoms with E-state index in [4.69, 9.17) is 5.73 Å². The highest BCUT2D eigenvalue weighted by Crippen LogP contribution is 2.20. The first-order chi connectivity index (χ1) is 8.64. The van der Waals surface area contributed by atoms with Gasteiger partial charge in [0, 0.05) is 0 Å². The summed E-state index contributed by atoms with van der Waals surface area (Å²) in [5.41, 5.74) is 8.51. The van der Waals surface area contributed by atoms with Crippen LogP contribution in [-0.2, 0) is 29.2 Å². The Morgan fingerprint density at radius 2 is 1.79 bits per heavy atom. The Balaban J connectivity index is 2.96. The van der Waals surface area contributed by atoms with Gasteiger partial charge in [-0.05, 0) is 33.6 Å². The van der Waals surface area contributed by atoms with Crippen molar-refractivity contribution in [1.82, 2.24) is 9.78 Å². The first kappa shape index (κ1) is 16.0. The van der Waals surface area contributed by atoms with Crippen LogP contribution in [-0.4, -0.2) is 28.7 Å². The van der Waals surface area contributed by atoms with Crippen LogP contribution in [0.25, 0.3) is 0 Å². The molecule has 110 valence electrons. The molecule has 0 aliphatic heterocycles. The van der Waals surface area contributed by atoms with E-state index in [1.165, 1.54) is 0 Å². The molecule has 0 saturated heterocycles. The molecule has 1 rings (SSSR count). The Morgan fingerprint density at radius 1 is 1.21 bits per heavy atom. The predicted octanol–water partition coefficient (Wildman–Crippen LogP) is 1.80. The molecule has 19 heavy (non-hydrogen) atoms. The Hall–Kier alpha value is -1.04. The van der Waals surface area contributed by atoms with E-state index < -0.39 is 14.6 Å². The fourth-order valence-corrected chi connectivity index (χ4v) is 2.92. The van der Waals surface area contributed by atoms with Gasteiger partial charge in [-0.1, -0.05) is 13.8 Å². The third-order valence-corrected chi connectivity index (χ3v) is 5.94. The van der Waals surface area contributed by atoms with Crippen LogP contribution in [0.5, 0.6) is 0 Å². The summed E-state index contributed by atoms with van der Waals surface area (Å²) < 4.78 is 25.2. The molecule has 1 heterocycles. The van der Waals surface area contributed by atoms with Crippen molar-refractivity contribution in [3.8, 4) is 0 Å². The van der Waals surface area contributed by atoms with Crippen LogP contribution in [0.3, 0.4) is 0 Å². The van der Waals surface area contributed by atoms with Crippen molar-refractivity contribution in [2.75, 3.05) is 11.5 Å². The lowest BCUT2D eigenvalue weighted by atomic mass is 10.2. The van der Waals surface area contributed by atoms with Gasteiger partial charge in [-0.2, -0.15) is 5.10 Å². The smallest absolute Gasteiger partial charge is 0.157 e. The largest absolute Gasteiger partial charge is 0.396 e. The molecule has 0 aliphatic rings. The number of sulfone groups is 1. The maximum Gasteiger partial charge on any atom is 0.157 e. The molecule has 0 spiro atoms. The number of hydrogen-bond donors (Lipinski definition) is 1. The van der Waals surface area contributed by atoms with Crippen molar-refractivity contribution in [3.05, 3.63) is 11.4 Å². The molecule has 0 radical (unpaired) electrons. The van der Waals surface area contributed by atoms with Crippen LogP contribution in [0.15, 0.2) is 0 Å². The number of aryl methyl sites for hydroxylation is 2. The first-order valence-corrected chi connectivity index (χ1v) is 8.35. The molecular weight excluding hydrogens is 262 g/mol. The topological polar surface area (TPSA) is 78.0 Å². The normalized spacial score (nSPS) is 12.9. The van der Waals surface area contributed by atoms with Gasteiger partial charge >= 0.3 is 0 Å². The fraction of sp³-hybridized carbons (Fsp3) is 0.769. The summed E-state index contributed by atoms with van der Waals surface area (Å²) in [6.07, 6.45) is 1.52. The van der Waals surface area contributed by atoms with Gasteiger partial charge in [-0.25, -0.2) is 8.42 Å². The predicted molar refractivity (Wildman–Crippen MR) is 78.9 cm³/mol. The quantitative estimate of drug-likeness (QED) is 0.895. The summed E-state index contributed by atoms with van der Waals surface area (Å²) in [6, 6.07) is 0. The lowest BCUT2D eigenvalue weighted by Crippen LogP contribution is -2.32. The Labute approximate surface area is 116 Å². The van der Waals surface area contributed by atoms with Crippen molar-refractivity contribution in [2.24, 2.45) is 0 Å². The molecule has 2 N–H and O–H groups in total. The van der Waals surface area contributed by atoms with Gasteiger partial charge in [0.25, 0.3) is 0 Å². The monoisotopic (exact) mass is 287 g/mol. The molecule has 0 fully saturated rings. The summed E-state index contributed by atoms with van der Waals surface area (Å²) in [7, 11) is -3.13. The highest BCUT2D eigenvalue weighted by molar-refractivity contribution is 7.92. The van der Waals surface area contributed by atoms with Gasteiger partial charge in [0.2, 0.25) is 0 Å². The van der Waals surface area contributed by atoms with E-state index in [2.05, 4.69) is 5.10 Å². The minimum absolute atomic E-state index is 0.0910. The molecule has 0 atom stereocenters. The SMILES string of the molecule is CCc1nn(CCS(=O)(=O)C(C)(C)C)c(CC)c1N. The minimum atomic E-state index is -3.13. The van der Waals surface area contributed by atoms with E-state index in [1.54, 1.807) is 25.5 Å². The van der Waals surface area contributed by atoms with Crippen molar-refractivity contribution in [2.45, 2.75) is 58.8 Å². The van der Waals surface area contributed by atoms with Gasteiger partial charge in [-0.3, -0.25) is 4.68 Å². The highest BCUT2D eigenvalue weighted by atomic mass is 32.2. The molecule has 0 aromatic carbocycles. The Kier molecular flexibility index (Phi) is 4.66. The summed E-state index contributed by atoms with van der Waals surface area (Å²) in [5, 5.41) is 4.41. The Morgan fingerprint density at radius 3 is 2.21 bits per heavy atom. The molecule has 0 saturated carbocycles. The second kappa shape index (κ2) is 5.53. The lowest BCUT2D eigenvalue weighted by Gasteiger charge is -2.19. The Bertz CT molecular complexity index is 539. The average Bonchev–Trinajstić information content (AvgIpc) is 2.61. The third-order valence-electron chi connectivity index (χ3n) is 3.35. The molecule has 0 aliphatic carbocycles. The number of nitrogens with zero attached hydrogens (tertiary/aromatic N) is 2. The third kappa shape index (κ3) is 3.29. The van der Waals surface area contributed by atoms with Crippen LogP contribution in [0.1, 0.15) is 46.0 Å². The van der Waals surface area contributed by atoms with Crippen LogP contribution in [0.2, 0.25) is 0 Å². The molecule has 1 aromatic rings. The van der Waals surface area contributed by atoms with Gasteiger partial charge in [0.05, 0.1) is 34.1 Å². The van der Waals surface area contributed by atoms with E-state index in [0.29, 0.717) is 12.2 Å². The maximum atomic E-state index is 12.1. The number of anilines is 1.